The first-order valence-corrected chi connectivity index (χ1v) is 5.72. The molecule has 6 heteroatoms. The molecule has 6 nitrogen and oxygen atoms in total. The molecule has 0 aromatic carbocycles. The van der Waals surface area contributed by atoms with E-state index in [9.17, 15) is 4.79 Å². The number of amides is 1. The minimum Gasteiger partial charge on any atom is -0.358 e. The average Bonchev–Trinajstić information content (AvgIpc) is 2.40. The summed E-state index contributed by atoms with van der Waals surface area (Å²) in [5, 5.41) is 5.92. The summed E-state index contributed by atoms with van der Waals surface area (Å²) in [4.78, 5) is 22.1. The van der Waals surface area contributed by atoms with E-state index in [1.807, 2.05) is 0 Å². The molecule has 0 saturated carbocycles. The number of nitrogens with one attached hydrogen (secondary N) is 2. The maximum Gasteiger partial charge on any atom is 0.238 e. The third-order valence-corrected chi connectivity index (χ3v) is 2.89. The molecule has 1 aromatic rings. The van der Waals surface area contributed by atoms with E-state index in [4.69, 9.17) is 0 Å². The molecule has 2 N–H and O–H groups in total. The second kappa shape index (κ2) is 5.70. The van der Waals surface area contributed by atoms with Crippen molar-refractivity contribution in [3.8, 4) is 0 Å². The molecule has 1 saturated heterocycles. The fourth-order valence-electron chi connectivity index (χ4n) is 1.98. The number of aromatic nitrogens is 2. The molecule has 0 radical (unpaired) electrons. The Bertz CT molecular complexity index is 369. The molecule has 1 unspecified atom stereocenters. The van der Waals surface area contributed by atoms with Crippen LogP contribution < -0.4 is 10.6 Å². The first kappa shape index (κ1) is 11.9. The first-order valence-electron chi connectivity index (χ1n) is 5.72. The zero-order valence-corrected chi connectivity index (χ0v) is 9.89. The summed E-state index contributed by atoms with van der Waals surface area (Å²) in [7, 11) is 1.66. The summed E-state index contributed by atoms with van der Waals surface area (Å²) in [6.45, 7) is 3.08. The summed E-state index contributed by atoms with van der Waals surface area (Å²) in [6.07, 6.45) is 5.06. The summed E-state index contributed by atoms with van der Waals surface area (Å²) in [5.74, 6) is 0.0427. The molecular formula is C11H17N5O. The van der Waals surface area contributed by atoms with Crippen LogP contribution in [0.1, 0.15) is 5.69 Å². The Morgan fingerprint density at radius 2 is 2.53 bits per heavy atom. The Morgan fingerprint density at radius 3 is 3.24 bits per heavy atom. The number of rotatable bonds is 3. The van der Waals surface area contributed by atoms with Gasteiger partial charge in [-0.2, -0.15) is 0 Å². The lowest BCUT2D eigenvalue weighted by molar-refractivity contribution is -0.126. The highest BCUT2D eigenvalue weighted by atomic mass is 16.2. The van der Waals surface area contributed by atoms with Crippen molar-refractivity contribution in [2.45, 2.75) is 12.6 Å². The molecule has 0 bridgehead atoms. The lowest BCUT2D eigenvalue weighted by atomic mass is 10.1. The summed E-state index contributed by atoms with van der Waals surface area (Å²) < 4.78 is 0. The molecule has 0 aliphatic carbocycles. The van der Waals surface area contributed by atoms with E-state index in [0.717, 1.165) is 18.8 Å². The SMILES string of the molecule is CNC(=O)C1CNCCN1Cc1cnccn1. The molecule has 1 atom stereocenters. The van der Waals surface area contributed by atoms with Gasteiger partial charge in [-0.25, -0.2) is 0 Å². The maximum absolute atomic E-state index is 11.7. The van der Waals surface area contributed by atoms with Crippen LogP contribution >= 0.6 is 0 Å². The van der Waals surface area contributed by atoms with Crippen molar-refractivity contribution in [1.82, 2.24) is 25.5 Å². The van der Waals surface area contributed by atoms with Crippen LogP contribution in [0.15, 0.2) is 18.6 Å². The van der Waals surface area contributed by atoms with E-state index < -0.39 is 0 Å². The zero-order chi connectivity index (χ0) is 12.1. The number of hydrogen-bond acceptors (Lipinski definition) is 5. The van der Waals surface area contributed by atoms with Crippen LogP contribution in [0.2, 0.25) is 0 Å². The van der Waals surface area contributed by atoms with Crippen LogP contribution in [-0.4, -0.2) is 53.5 Å². The second-order valence-electron chi connectivity index (χ2n) is 4.00. The second-order valence-corrected chi connectivity index (χ2v) is 4.00. The predicted octanol–water partition coefficient (Wildman–Crippen LogP) is -1.00. The highest BCUT2D eigenvalue weighted by molar-refractivity contribution is 5.81. The fraction of sp³-hybridized carbons (Fsp3) is 0.545. The summed E-state index contributed by atoms with van der Waals surface area (Å²) in [5.41, 5.74) is 0.892. The van der Waals surface area contributed by atoms with Crippen molar-refractivity contribution < 1.29 is 4.79 Å². The van der Waals surface area contributed by atoms with Crippen LogP contribution in [0, 0.1) is 0 Å². The van der Waals surface area contributed by atoms with Crippen molar-refractivity contribution >= 4 is 5.91 Å². The monoisotopic (exact) mass is 235 g/mol. The van der Waals surface area contributed by atoms with Gasteiger partial charge in [-0.3, -0.25) is 19.7 Å². The fourth-order valence-corrected chi connectivity index (χ4v) is 1.98. The molecule has 2 rings (SSSR count). The third-order valence-electron chi connectivity index (χ3n) is 2.89. The van der Waals surface area contributed by atoms with Gasteiger partial charge in [-0.05, 0) is 0 Å². The van der Waals surface area contributed by atoms with Crippen LogP contribution in [0.5, 0.6) is 0 Å². The highest BCUT2D eigenvalue weighted by Gasteiger charge is 2.27. The maximum atomic E-state index is 11.7. The van der Waals surface area contributed by atoms with Crippen molar-refractivity contribution in [3.63, 3.8) is 0 Å². The Hall–Kier alpha value is -1.53. The molecule has 0 spiro atoms. The molecule has 1 aliphatic rings. The average molecular weight is 235 g/mol. The van der Waals surface area contributed by atoms with Crippen molar-refractivity contribution in [2.75, 3.05) is 26.7 Å². The lowest BCUT2D eigenvalue weighted by Gasteiger charge is -2.34. The van der Waals surface area contributed by atoms with Crippen molar-refractivity contribution in [2.24, 2.45) is 0 Å². The van der Waals surface area contributed by atoms with Gasteiger partial charge in [0.25, 0.3) is 0 Å². The zero-order valence-electron chi connectivity index (χ0n) is 9.89. The number of piperazine rings is 1. The minimum absolute atomic E-state index is 0.0427. The van der Waals surface area contributed by atoms with Gasteiger partial charge in [0.15, 0.2) is 0 Å². The number of carbonyl (C=O) groups excluding carboxylic acids is 1. The van der Waals surface area contributed by atoms with E-state index in [1.54, 1.807) is 25.6 Å². The van der Waals surface area contributed by atoms with Crippen LogP contribution in [0.25, 0.3) is 0 Å². The molecule has 1 aliphatic heterocycles. The van der Waals surface area contributed by atoms with E-state index in [2.05, 4.69) is 25.5 Å². The van der Waals surface area contributed by atoms with E-state index in [1.165, 1.54) is 0 Å². The highest BCUT2D eigenvalue weighted by Crippen LogP contribution is 2.08. The Labute approximate surface area is 100 Å². The van der Waals surface area contributed by atoms with Gasteiger partial charge in [-0.15, -0.1) is 0 Å². The Kier molecular flexibility index (Phi) is 4.00. The molecule has 17 heavy (non-hydrogen) atoms. The molecular weight excluding hydrogens is 218 g/mol. The number of likely N-dealkylation sites (N-methyl/N-ethyl adjacent to an activating group) is 1. The van der Waals surface area contributed by atoms with Crippen molar-refractivity contribution in [1.29, 1.82) is 0 Å². The summed E-state index contributed by atoms with van der Waals surface area (Å²) >= 11 is 0. The van der Waals surface area contributed by atoms with E-state index >= 15 is 0 Å². The van der Waals surface area contributed by atoms with Crippen molar-refractivity contribution in [3.05, 3.63) is 24.3 Å². The van der Waals surface area contributed by atoms with Crippen LogP contribution in [0.4, 0.5) is 0 Å². The number of nitrogens with zero attached hydrogens (tertiary/aromatic N) is 3. The van der Waals surface area contributed by atoms with E-state index in [-0.39, 0.29) is 11.9 Å². The van der Waals surface area contributed by atoms with Gasteiger partial charge < -0.3 is 10.6 Å². The predicted molar refractivity (Wildman–Crippen MR) is 63.2 cm³/mol. The molecule has 1 fully saturated rings. The van der Waals surface area contributed by atoms with Crippen LogP contribution in [0.3, 0.4) is 0 Å². The van der Waals surface area contributed by atoms with E-state index in [0.29, 0.717) is 13.1 Å². The quantitative estimate of drug-likeness (QED) is 0.703. The standard InChI is InChI=1S/C11H17N5O/c1-12-11(17)10-7-14-4-5-16(10)8-9-6-13-2-3-15-9/h2-3,6,10,14H,4-5,7-8H2,1H3,(H,12,17). The van der Waals surface area contributed by atoms with Gasteiger partial charge in [-0.1, -0.05) is 0 Å². The molecule has 2 heterocycles. The Morgan fingerprint density at radius 1 is 1.65 bits per heavy atom. The smallest absolute Gasteiger partial charge is 0.238 e. The topological polar surface area (TPSA) is 70.2 Å². The van der Waals surface area contributed by atoms with Gasteiger partial charge in [0, 0.05) is 51.8 Å². The third kappa shape index (κ3) is 2.98. The van der Waals surface area contributed by atoms with Gasteiger partial charge in [0.1, 0.15) is 6.04 Å². The van der Waals surface area contributed by atoms with Gasteiger partial charge in [0.05, 0.1) is 5.69 Å². The molecule has 1 aromatic heterocycles. The number of hydrogen-bond donors (Lipinski definition) is 2. The normalized spacial score (nSPS) is 21.1. The first-order chi connectivity index (χ1) is 8.31. The molecule has 1 amide bonds. The van der Waals surface area contributed by atoms with Gasteiger partial charge >= 0.3 is 0 Å². The van der Waals surface area contributed by atoms with Crippen LogP contribution in [-0.2, 0) is 11.3 Å². The largest absolute Gasteiger partial charge is 0.358 e. The summed E-state index contributed by atoms with van der Waals surface area (Å²) in [6, 6.07) is -0.129. The number of carbonyl (C=O) groups is 1. The Balaban J connectivity index is 2.04. The minimum atomic E-state index is -0.129. The molecule has 92 valence electrons. The lowest BCUT2D eigenvalue weighted by Crippen LogP contribution is -2.56. The van der Waals surface area contributed by atoms with Gasteiger partial charge in [0.2, 0.25) is 5.91 Å².